The van der Waals surface area contributed by atoms with Gasteiger partial charge in [0, 0.05) is 11.3 Å². The molecule has 4 nitrogen and oxygen atoms in total. The number of halogens is 2. The van der Waals surface area contributed by atoms with Crippen LogP contribution in [-0.4, -0.2) is 10.9 Å². The lowest BCUT2D eigenvalue weighted by atomic mass is 10.2. The first-order valence-corrected chi connectivity index (χ1v) is 5.84. The fourth-order valence-corrected chi connectivity index (χ4v) is 1.79. The highest BCUT2D eigenvalue weighted by Crippen LogP contribution is 2.17. The second kappa shape index (κ2) is 5.24. The van der Waals surface area contributed by atoms with Crippen molar-refractivity contribution in [2.75, 3.05) is 11.1 Å². The topological polar surface area (TPSA) is 68.0 Å². The maximum absolute atomic E-state index is 13.1. The van der Waals surface area contributed by atoms with E-state index in [1.54, 1.807) is 13.0 Å². The van der Waals surface area contributed by atoms with E-state index >= 15 is 0 Å². The molecule has 1 amide bonds. The number of anilines is 2. The van der Waals surface area contributed by atoms with Gasteiger partial charge in [-0.15, -0.1) is 0 Å². The van der Waals surface area contributed by atoms with Crippen molar-refractivity contribution in [3.05, 3.63) is 52.4 Å². The molecule has 0 atom stereocenters. The number of pyridine rings is 1. The molecule has 0 aliphatic heterocycles. The molecule has 6 heteroatoms. The Kier molecular flexibility index (Phi) is 3.66. The molecule has 98 valence electrons. The van der Waals surface area contributed by atoms with Crippen LogP contribution in [0.4, 0.5) is 15.9 Å². The number of amides is 1. The first-order chi connectivity index (χ1) is 8.95. The van der Waals surface area contributed by atoms with Crippen molar-refractivity contribution in [1.82, 2.24) is 4.98 Å². The van der Waals surface area contributed by atoms with Gasteiger partial charge in [0.1, 0.15) is 16.8 Å². The molecule has 0 aliphatic carbocycles. The number of nitrogens with two attached hydrogens (primary N) is 1. The number of nitrogens with one attached hydrogen (secondary N) is 1. The average Bonchev–Trinajstić information content (AvgIpc) is 2.32. The lowest BCUT2D eigenvalue weighted by molar-refractivity contribution is 0.102. The third-order valence-electron chi connectivity index (χ3n) is 2.49. The van der Waals surface area contributed by atoms with Crippen LogP contribution in [0.5, 0.6) is 0 Å². The molecule has 1 aromatic heterocycles. The fourth-order valence-electron chi connectivity index (χ4n) is 1.57. The highest BCUT2D eigenvalue weighted by Gasteiger charge is 2.09. The number of benzene rings is 1. The zero-order valence-electron chi connectivity index (χ0n) is 10.1. The van der Waals surface area contributed by atoms with E-state index in [0.29, 0.717) is 16.8 Å². The minimum absolute atomic E-state index is 0.139. The number of carbonyl (C=O) groups is 1. The quantitative estimate of drug-likeness (QED) is 0.830. The number of hydrogen-bond donors (Lipinski definition) is 2. The summed E-state index contributed by atoms with van der Waals surface area (Å²) in [5.41, 5.74) is 6.75. The molecule has 0 unspecified atom stereocenters. The first-order valence-electron chi connectivity index (χ1n) is 5.46. The van der Waals surface area contributed by atoms with Crippen molar-refractivity contribution in [3.8, 4) is 0 Å². The predicted octanol–water partition coefficient (Wildman–Crippen LogP) is 3.02. The number of nitrogens with zero attached hydrogens (tertiary/aromatic N) is 1. The van der Waals surface area contributed by atoms with Crippen molar-refractivity contribution in [2.24, 2.45) is 0 Å². The minimum atomic E-state index is -0.387. The summed E-state index contributed by atoms with van der Waals surface area (Å²) < 4.78 is 13.1. The molecule has 1 heterocycles. The van der Waals surface area contributed by atoms with Gasteiger partial charge in [0.05, 0.1) is 0 Å². The van der Waals surface area contributed by atoms with Crippen LogP contribution in [0.15, 0.2) is 30.3 Å². The zero-order chi connectivity index (χ0) is 14.0. The molecule has 2 aromatic rings. The molecule has 1 aromatic carbocycles. The average molecular weight is 280 g/mol. The number of aryl methyl sites for hydroxylation is 1. The van der Waals surface area contributed by atoms with Crippen LogP contribution in [0.25, 0.3) is 0 Å². The van der Waals surface area contributed by atoms with Crippen molar-refractivity contribution in [1.29, 1.82) is 0 Å². The van der Waals surface area contributed by atoms with Crippen LogP contribution in [0.1, 0.15) is 15.9 Å². The number of carbonyl (C=O) groups excluding carboxylic acids is 1. The van der Waals surface area contributed by atoms with Gasteiger partial charge in [0.2, 0.25) is 0 Å². The summed E-state index contributed by atoms with van der Waals surface area (Å²) in [6.45, 7) is 1.62. The molecule has 0 saturated carbocycles. The van der Waals surface area contributed by atoms with Crippen molar-refractivity contribution in [3.63, 3.8) is 0 Å². The van der Waals surface area contributed by atoms with Gasteiger partial charge in [-0.1, -0.05) is 11.6 Å². The first kappa shape index (κ1) is 13.3. The molecule has 19 heavy (non-hydrogen) atoms. The van der Waals surface area contributed by atoms with E-state index in [-0.39, 0.29) is 22.7 Å². The lowest BCUT2D eigenvalue weighted by Crippen LogP contribution is -2.13. The zero-order valence-corrected chi connectivity index (χ0v) is 10.8. The minimum Gasteiger partial charge on any atom is -0.384 e. The molecule has 0 saturated heterocycles. The molecule has 2 rings (SSSR count). The molecule has 0 bridgehead atoms. The normalized spacial score (nSPS) is 10.3. The second-order valence-corrected chi connectivity index (χ2v) is 4.41. The maximum Gasteiger partial charge on any atom is 0.255 e. The number of aromatic nitrogens is 1. The molecule has 0 radical (unpaired) electrons. The van der Waals surface area contributed by atoms with Gasteiger partial charge in [-0.2, -0.15) is 0 Å². The summed E-state index contributed by atoms with van der Waals surface area (Å²) in [6, 6.07) is 7.13. The van der Waals surface area contributed by atoms with Crippen LogP contribution in [-0.2, 0) is 0 Å². The summed E-state index contributed by atoms with van der Waals surface area (Å²) in [7, 11) is 0. The molecule has 0 fully saturated rings. The van der Waals surface area contributed by atoms with Gasteiger partial charge in [-0.25, -0.2) is 9.37 Å². The molecule has 0 aliphatic rings. The highest BCUT2D eigenvalue weighted by molar-refractivity contribution is 6.30. The van der Waals surface area contributed by atoms with Gasteiger partial charge >= 0.3 is 0 Å². The summed E-state index contributed by atoms with van der Waals surface area (Å²) in [6.07, 6.45) is 0. The largest absolute Gasteiger partial charge is 0.384 e. The van der Waals surface area contributed by atoms with E-state index in [9.17, 15) is 9.18 Å². The number of rotatable bonds is 2. The maximum atomic E-state index is 13.1. The molecule has 3 N–H and O–H groups in total. The Hall–Kier alpha value is -2.14. The highest BCUT2D eigenvalue weighted by atomic mass is 35.5. The Morgan fingerprint density at radius 3 is 2.74 bits per heavy atom. The second-order valence-electron chi connectivity index (χ2n) is 4.02. The molecule has 0 spiro atoms. The Bertz CT molecular complexity index is 626. The molecular weight excluding hydrogens is 269 g/mol. The van der Waals surface area contributed by atoms with E-state index < -0.39 is 0 Å². The van der Waals surface area contributed by atoms with Gasteiger partial charge in [0.15, 0.2) is 0 Å². The van der Waals surface area contributed by atoms with E-state index in [4.69, 9.17) is 17.3 Å². The summed E-state index contributed by atoms with van der Waals surface area (Å²) >= 11 is 5.72. The van der Waals surface area contributed by atoms with E-state index in [2.05, 4.69) is 10.3 Å². The summed E-state index contributed by atoms with van der Waals surface area (Å²) in [5.74, 6) is -0.552. The van der Waals surface area contributed by atoms with Gasteiger partial charge < -0.3 is 11.1 Å². The van der Waals surface area contributed by atoms with Gasteiger partial charge in [-0.3, -0.25) is 4.79 Å². The lowest BCUT2D eigenvalue weighted by Gasteiger charge is -2.07. The van der Waals surface area contributed by atoms with Crippen molar-refractivity contribution < 1.29 is 9.18 Å². The standard InChI is InChI=1S/C13H11ClFN3O/c1-7-4-9(2-3-10(7)15)17-13(19)8-5-11(14)18-12(16)6-8/h2-6H,1H3,(H2,16,18)(H,17,19). The van der Waals surface area contributed by atoms with Crippen molar-refractivity contribution >= 4 is 29.0 Å². The monoisotopic (exact) mass is 279 g/mol. The smallest absolute Gasteiger partial charge is 0.255 e. The third kappa shape index (κ3) is 3.20. The summed E-state index contributed by atoms with van der Waals surface area (Å²) in [5, 5.41) is 2.77. The SMILES string of the molecule is Cc1cc(NC(=O)c2cc(N)nc(Cl)c2)ccc1F. The van der Waals surface area contributed by atoms with Gasteiger partial charge in [-0.05, 0) is 42.8 Å². The van der Waals surface area contributed by atoms with Crippen LogP contribution in [0.3, 0.4) is 0 Å². The van der Waals surface area contributed by atoms with E-state index in [0.717, 1.165) is 0 Å². The Morgan fingerprint density at radius 1 is 1.37 bits per heavy atom. The van der Waals surface area contributed by atoms with Crippen LogP contribution < -0.4 is 11.1 Å². The summed E-state index contributed by atoms with van der Waals surface area (Å²) in [4.78, 5) is 15.7. The van der Waals surface area contributed by atoms with Gasteiger partial charge in [0.25, 0.3) is 5.91 Å². The third-order valence-corrected chi connectivity index (χ3v) is 2.69. The fraction of sp³-hybridized carbons (Fsp3) is 0.0769. The van der Waals surface area contributed by atoms with Crippen molar-refractivity contribution in [2.45, 2.75) is 6.92 Å². The Balaban J connectivity index is 2.22. The van der Waals surface area contributed by atoms with E-state index in [1.165, 1.54) is 24.3 Å². The Labute approximate surface area is 114 Å². The van der Waals surface area contributed by atoms with Crippen LogP contribution >= 0.6 is 11.6 Å². The van der Waals surface area contributed by atoms with E-state index in [1.807, 2.05) is 0 Å². The number of hydrogen-bond acceptors (Lipinski definition) is 3. The van der Waals surface area contributed by atoms with Crippen LogP contribution in [0, 0.1) is 12.7 Å². The Morgan fingerprint density at radius 2 is 2.11 bits per heavy atom. The number of nitrogen functional groups attached to an aromatic ring is 1. The molecular formula is C13H11ClFN3O. The predicted molar refractivity (Wildman–Crippen MR) is 72.7 cm³/mol. The van der Waals surface area contributed by atoms with Crippen LogP contribution in [0.2, 0.25) is 5.15 Å².